The molecule has 0 aliphatic carbocycles. The lowest BCUT2D eigenvalue weighted by molar-refractivity contribution is 0.181. The summed E-state index contributed by atoms with van der Waals surface area (Å²) >= 11 is 1.61. The third-order valence-electron chi connectivity index (χ3n) is 3.61. The standard InChI is InChI=1S/C14H20N4OS/c1-15-14-16-12(11-5-10-20-13(11)17-14)19-9-8-18-6-3-2-4-7-18/h5,10H,2-4,6-9H2,1H3,(H,15,16,17). The molecule has 1 aliphatic rings. The molecule has 0 amide bonds. The zero-order valence-electron chi connectivity index (χ0n) is 11.8. The smallest absolute Gasteiger partial charge is 0.227 e. The van der Waals surface area contributed by atoms with E-state index in [1.807, 2.05) is 18.5 Å². The number of rotatable bonds is 5. The summed E-state index contributed by atoms with van der Waals surface area (Å²) in [5.41, 5.74) is 0. The van der Waals surface area contributed by atoms with Crippen molar-refractivity contribution in [2.75, 3.05) is 38.6 Å². The average Bonchev–Trinajstić information content (AvgIpc) is 2.96. The summed E-state index contributed by atoms with van der Waals surface area (Å²) < 4.78 is 5.90. The second kappa shape index (κ2) is 6.37. The Bertz CT molecular complexity index is 565. The van der Waals surface area contributed by atoms with Crippen molar-refractivity contribution in [2.45, 2.75) is 19.3 Å². The van der Waals surface area contributed by atoms with Gasteiger partial charge in [0.1, 0.15) is 11.4 Å². The molecule has 20 heavy (non-hydrogen) atoms. The van der Waals surface area contributed by atoms with Crippen molar-refractivity contribution < 1.29 is 4.74 Å². The summed E-state index contributed by atoms with van der Waals surface area (Å²) in [5, 5.41) is 6.01. The monoisotopic (exact) mass is 292 g/mol. The van der Waals surface area contributed by atoms with Crippen LogP contribution in [0.4, 0.5) is 5.95 Å². The van der Waals surface area contributed by atoms with Crippen molar-refractivity contribution in [1.82, 2.24) is 14.9 Å². The van der Waals surface area contributed by atoms with Gasteiger partial charge in [-0.2, -0.15) is 4.98 Å². The van der Waals surface area contributed by atoms with E-state index in [4.69, 9.17) is 4.74 Å². The Balaban J connectivity index is 1.65. The zero-order valence-corrected chi connectivity index (χ0v) is 12.6. The van der Waals surface area contributed by atoms with Crippen LogP contribution in [0.25, 0.3) is 10.2 Å². The van der Waals surface area contributed by atoms with E-state index in [0.29, 0.717) is 18.4 Å². The second-order valence-electron chi connectivity index (χ2n) is 4.99. The highest BCUT2D eigenvalue weighted by atomic mass is 32.1. The van der Waals surface area contributed by atoms with E-state index in [1.165, 1.54) is 32.4 Å². The number of hydrogen-bond donors (Lipinski definition) is 1. The van der Waals surface area contributed by atoms with E-state index >= 15 is 0 Å². The van der Waals surface area contributed by atoms with Gasteiger partial charge in [0.2, 0.25) is 11.8 Å². The second-order valence-corrected chi connectivity index (χ2v) is 5.89. The largest absolute Gasteiger partial charge is 0.476 e. The van der Waals surface area contributed by atoms with Crippen molar-refractivity contribution in [3.8, 4) is 5.88 Å². The molecule has 0 bridgehead atoms. The number of nitrogens with zero attached hydrogens (tertiary/aromatic N) is 3. The number of likely N-dealkylation sites (tertiary alicyclic amines) is 1. The van der Waals surface area contributed by atoms with E-state index in [1.54, 1.807) is 11.3 Å². The Morgan fingerprint density at radius 2 is 2.15 bits per heavy atom. The van der Waals surface area contributed by atoms with Crippen LogP contribution in [-0.4, -0.2) is 48.2 Å². The summed E-state index contributed by atoms with van der Waals surface area (Å²) in [4.78, 5) is 12.3. The molecule has 1 saturated heterocycles. The molecule has 0 unspecified atom stereocenters. The summed E-state index contributed by atoms with van der Waals surface area (Å²) in [5.74, 6) is 1.31. The van der Waals surface area contributed by atoms with Gasteiger partial charge in [0.25, 0.3) is 0 Å². The Labute approximate surface area is 123 Å². The molecule has 2 aromatic rings. The predicted octanol–water partition coefficient (Wildman–Crippen LogP) is 2.60. The molecule has 3 heterocycles. The first-order valence-electron chi connectivity index (χ1n) is 7.15. The lowest BCUT2D eigenvalue weighted by atomic mass is 10.1. The minimum Gasteiger partial charge on any atom is -0.476 e. The highest BCUT2D eigenvalue weighted by Gasteiger charge is 2.12. The lowest BCUT2D eigenvalue weighted by Crippen LogP contribution is -2.33. The maximum atomic E-state index is 5.90. The molecule has 0 atom stereocenters. The maximum absolute atomic E-state index is 5.90. The van der Waals surface area contributed by atoms with Gasteiger partial charge in [0, 0.05) is 13.6 Å². The van der Waals surface area contributed by atoms with Gasteiger partial charge in [-0.15, -0.1) is 11.3 Å². The zero-order chi connectivity index (χ0) is 13.8. The number of aromatic nitrogens is 2. The Morgan fingerprint density at radius 3 is 2.95 bits per heavy atom. The SMILES string of the molecule is CNc1nc(OCCN2CCCCC2)c2ccsc2n1. The first-order chi connectivity index (χ1) is 9.86. The van der Waals surface area contributed by atoms with Crippen LogP contribution in [0.1, 0.15) is 19.3 Å². The van der Waals surface area contributed by atoms with Gasteiger partial charge in [-0.3, -0.25) is 4.90 Å². The van der Waals surface area contributed by atoms with Crippen molar-refractivity contribution in [3.63, 3.8) is 0 Å². The molecular formula is C14H20N4OS. The minimum atomic E-state index is 0.618. The molecular weight excluding hydrogens is 272 g/mol. The number of nitrogens with one attached hydrogen (secondary N) is 1. The van der Waals surface area contributed by atoms with Crippen LogP contribution in [0.15, 0.2) is 11.4 Å². The highest BCUT2D eigenvalue weighted by Crippen LogP contribution is 2.28. The van der Waals surface area contributed by atoms with E-state index in [-0.39, 0.29) is 0 Å². The molecule has 0 aromatic carbocycles. The fourth-order valence-corrected chi connectivity index (χ4v) is 3.26. The summed E-state index contributed by atoms with van der Waals surface area (Å²) in [6, 6.07) is 2.02. The molecule has 0 spiro atoms. The normalized spacial score (nSPS) is 16.4. The fraction of sp³-hybridized carbons (Fsp3) is 0.571. The Kier molecular flexibility index (Phi) is 4.32. The van der Waals surface area contributed by atoms with Gasteiger partial charge in [-0.1, -0.05) is 6.42 Å². The van der Waals surface area contributed by atoms with Crippen LogP contribution < -0.4 is 10.1 Å². The van der Waals surface area contributed by atoms with Crippen molar-refractivity contribution in [1.29, 1.82) is 0 Å². The summed E-state index contributed by atoms with van der Waals surface area (Å²) in [6.07, 6.45) is 3.99. The van der Waals surface area contributed by atoms with Gasteiger partial charge in [0.05, 0.1) is 5.39 Å². The molecule has 3 rings (SSSR count). The number of anilines is 1. The molecule has 1 N–H and O–H groups in total. The Hall–Kier alpha value is -1.40. The summed E-state index contributed by atoms with van der Waals surface area (Å²) in [6.45, 7) is 4.06. The molecule has 1 fully saturated rings. The third-order valence-corrected chi connectivity index (χ3v) is 4.42. The maximum Gasteiger partial charge on any atom is 0.227 e. The molecule has 5 nitrogen and oxygen atoms in total. The van der Waals surface area contributed by atoms with E-state index in [2.05, 4.69) is 20.2 Å². The van der Waals surface area contributed by atoms with Crippen LogP contribution in [0.2, 0.25) is 0 Å². The molecule has 108 valence electrons. The molecule has 0 radical (unpaired) electrons. The lowest BCUT2D eigenvalue weighted by Gasteiger charge is -2.26. The van der Waals surface area contributed by atoms with E-state index < -0.39 is 0 Å². The predicted molar refractivity (Wildman–Crippen MR) is 82.7 cm³/mol. The number of piperidine rings is 1. The number of thiophene rings is 1. The van der Waals surface area contributed by atoms with Gasteiger partial charge in [-0.05, 0) is 37.4 Å². The van der Waals surface area contributed by atoms with Crippen LogP contribution in [-0.2, 0) is 0 Å². The van der Waals surface area contributed by atoms with Gasteiger partial charge in [0.15, 0.2) is 0 Å². The number of fused-ring (bicyclic) bond motifs is 1. The topological polar surface area (TPSA) is 50.3 Å². The van der Waals surface area contributed by atoms with E-state index in [9.17, 15) is 0 Å². The van der Waals surface area contributed by atoms with Gasteiger partial charge >= 0.3 is 0 Å². The first-order valence-corrected chi connectivity index (χ1v) is 8.03. The highest BCUT2D eigenvalue weighted by molar-refractivity contribution is 7.16. The fourth-order valence-electron chi connectivity index (χ4n) is 2.50. The van der Waals surface area contributed by atoms with Crippen LogP contribution in [0.5, 0.6) is 5.88 Å². The van der Waals surface area contributed by atoms with Gasteiger partial charge < -0.3 is 10.1 Å². The third kappa shape index (κ3) is 3.02. The molecule has 6 heteroatoms. The van der Waals surface area contributed by atoms with Crippen molar-refractivity contribution >= 4 is 27.5 Å². The van der Waals surface area contributed by atoms with Crippen molar-refractivity contribution in [3.05, 3.63) is 11.4 Å². The summed E-state index contributed by atoms with van der Waals surface area (Å²) in [7, 11) is 1.83. The average molecular weight is 292 g/mol. The van der Waals surface area contributed by atoms with Crippen LogP contribution in [0, 0.1) is 0 Å². The minimum absolute atomic E-state index is 0.618. The molecule has 1 aliphatic heterocycles. The van der Waals surface area contributed by atoms with Crippen molar-refractivity contribution in [2.24, 2.45) is 0 Å². The van der Waals surface area contributed by atoms with Gasteiger partial charge in [-0.25, -0.2) is 4.98 Å². The first kappa shape index (κ1) is 13.6. The molecule has 2 aromatic heterocycles. The van der Waals surface area contributed by atoms with Crippen LogP contribution >= 0.6 is 11.3 Å². The van der Waals surface area contributed by atoms with Crippen LogP contribution in [0.3, 0.4) is 0 Å². The number of hydrogen-bond acceptors (Lipinski definition) is 6. The molecule has 0 saturated carbocycles. The Morgan fingerprint density at radius 1 is 1.30 bits per heavy atom. The quantitative estimate of drug-likeness (QED) is 0.918. The van der Waals surface area contributed by atoms with E-state index in [0.717, 1.165) is 16.8 Å². The number of ether oxygens (including phenoxy) is 1.